The second-order valence-corrected chi connectivity index (χ2v) is 11.6. The molecule has 0 saturated carbocycles. The minimum Gasteiger partial charge on any atom is -0.347 e. The Balaban J connectivity index is 1.36. The zero-order valence-corrected chi connectivity index (χ0v) is 21.5. The Labute approximate surface area is 211 Å². The first kappa shape index (κ1) is 25.0. The van der Waals surface area contributed by atoms with Gasteiger partial charge in [-0.05, 0) is 80.4 Å². The molecule has 35 heavy (non-hydrogen) atoms. The number of aryl methyl sites for hydroxylation is 1. The van der Waals surface area contributed by atoms with Crippen LogP contribution in [0.1, 0.15) is 27.2 Å². The van der Waals surface area contributed by atoms with Crippen LogP contribution in [0.3, 0.4) is 0 Å². The Hall–Kier alpha value is -3.13. The fourth-order valence-corrected chi connectivity index (χ4v) is 5.45. The van der Waals surface area contributed by atoms with Gasteiger partial charge in [0.15, 0.2) is 0 Å². The second kappa shape index (κ2) is 9.85. The number of halogens is 1. The Bertz CT molecular complexity index is 1450. The van der Waals surface area contributed by atoms with Gasteiger partial charge in [-0.2, -0.15) is 0 Å². The van der Waals surface area contributed by atoms with Gasteiger partial charge in [0.1, 0.15) is 0 Å². The molecule has 0 bridgehead atoms. The fraction of sp³-hybridized carbons (Fsp3) is 0.222. The summed E-state index contributed by atoms with van der Waals surface area (Å²) in [4.78, 5) is 12.7. The Morgan fingerprint density at radius 1 is 0.914 bits per heavy atom. The van der Waals surface area contributed by atoms with Crippen molar-refractivity contribution in [3.05, 3.63) is 84.0 Å². The molecule has 0 atom stereocenters. The van der Waals surface area contributed by atoms with E-state index in [2.05, 4.69) is 10.0 Å². The van der Waals surface area contributed by atoms with E-state index >= 15 is 0 Å². The van der Waals surface area contributed by atoms with Gasteiger partial charge in [0.25, 0.3) is 0 Å². The largest absolute Gasteiger partial charge is 0.347 e. The van der Waals surface area contributed by atoms with Gasteiger partial charge in [-0.25, -0.2) is 13.1 Å². The number of carbonyl (C=O) groups is 1. The van der Waals surface area contributed by atoms with Crippen LogP contribution in [-0.4, -0.2) is 24.4 Å². The number of aromatic nitrogens is 1. The number of anilines is 1. The molecule has 1 amide bonds. The lowest BCUT2D eigenvalue weighted by Gasteiger charge is -2.20. The van der Waals surface area contributed by atoms with E-state index in [0.717, 1.165) is 22.0 Å². The van der Waals surface area contributed by atoms with Crippen molar-refractivity contribution in [1.29, 1.82) is 0 Å². The van der Waals surface area contributed by atoms with Crippen LogP contribution in [0.25, 0.3) is 22.0 Å². The highest BCUT2D eigenvalue weighted by Crippen LogP contribution is 2.24. The summed E-state index contributed by atoms with van der Waals surface area (Å²) in [5.74, 6) is -0.0746. The van der Waals surface area contributed by atoms with E-state index in [9.17, 15) is 13.2 Å². The molecule has 0 fully saturated rings. The number of hydrogen-bond acceptors (Lipinski definition) is 3. The van der Waals surface area contributed by atoms with Crippen LogP contribution in [-0.2, 0) is 21.4 Å². The molecule has 2 N–H and O–H groups in total. The molecule has 0 aliphatic heterocycles. The summed E-state index contributed by atoms with van der Waals surface area (Å²) in [6, 6.07) is 21.9. The predicted molar refractivity (Wildman–Crippen MR) is 142 cm³/mol. The van der Waals surface area contributed by atoms with E-state index in [1.807, 2.05) is 59.3 Å². The number of carbonyl (C=O) groups excluding carboxylic acids is 1. The molecule has 1 heterocycles. The van der Waals surface area contributed by atoms with Crippen LogP contribution in [0.4, 0.5) is 5.69 Å². The molecule has 0 unspecified atom stereocenters. The minimum absolute atomic E-state index is 0.0746. The van der Waals surface area contributed by atoms with Gasteiger partial charge in [-0.15, -0.1) is 0 Å². The first-order valence-corrected chi connectivity index (χ1v) is 13.2. The van der Waals surface area contributed by atoms with Crippen LogP contribution >= 0.6 is 11.6 Å². The third-order valence-electron chi connectivity index (χ3n) is 5.42. The summed E-state index contributed by atoms with van der Waals surface area (Å²) in [5, 5.41) is 4.67. The van der Waals surface area contributed by atoms with Crippen molar-refractivity contribution in [2.75, 3.05) is 5.32 Å². The number of hydrogen-bond donors (Lipinski definition) is 2. The quantitative estimate of drug-likeness (QED) is 0.317. The van der Waals surface area contributed by atoms with E-state index in [-0.39, 0.29) is 10.8 Å². The smallest absolute Gasteiger partial charge is 0.241 e. The zero-order chi connectivity index (χ0) is 25.2. The summed E-state index contributed by atoms with van der Waals surface area (Å²) in [5.41, 5.74) is 3.00. The maximum absolute atomic E-state index is 12.5. The highest BCUT2D eigenvalue weighted by Gasteiger charge is 2.21. The maximum Gasteiger partial charge on any atom is 0.241 e. The van der Waals surface area contributed by atoms with E-state index in [1.54, 1.807) is 45.0 Å². The van der Waals surface area contributed by atoms with Gasteiger partial charge >= 0.3 is 0 Å². The number of nitrogens with one attached hydrogen (secondary N) is 2. The summed E-state index contributed by atoms with van der Waals surface area (Å²) in [7, 11) is -3.58. The van der Waals surface area contributed by atoms with Crippen molar-refractivity contribution in [1.82, 2.24) is 9.29 Å². The second-order valence-electron chi connectivity index (χ2n) is 9.47. The van der Waals surface area contributed by atoms with Crippen molar-refractivity contribution in [3.63, 3.8) is 0 Å². The molecule has 0 saturated heterocycles. The van der Waals surface area contributed by atoms with Crippen molar-refractivity contribution in [2.24, 2.45) is 0 Å². The Morgan fingerprint density at radius 2 is 1.54 bits per heavy atom. The minimum atomic E-state index is -3.58. The van der Waals surface area contributed by atoms with Crippen LogP contribution in [0.5, 0.6) is 0 Å². The number of fused-ring (bicyclic) bond motifs is 1. The van der Waals surface area contributed by atoms with Crippen molar-refractivity contribution in [3.8, 4) is 11.1 Å². The van der Waals surface area contributed by atoms with Crippen LogP contribution in [0, 0.1) is 0 Å². The van der Waals surface area contributed by atoms with Crippen molar-refractivity contribution < 1.29 is 13.2 Å². The number of amides is 1. The Morgan fingerprint density at radius 3 is 2.17 bits per heavy atom. The average Bonchev–Trinajstić information content (AvgIpc) is 3.19. The molecule has 6 nitrogen and oxygen atoms in total. The molecule has 3 aromatic carbocycles. The lowest BCUT2D eigenvalue weighted by atomic mass is 10.1. The summed E-state index contributed by atoms with van der Waals surface area (Å²) >= 11 is 6.04. The number of benzene rings is 3. The van der Waals surface area contributed by atoms with Gasteiger partial charge in [-0.1, -0.05) is 35.9 Å². The molecule has 4 aromatic rings. The number of rotatable bonds is 7. The standard InChI is InChI=1S/C27H28ClN3O3S/c1-27(2,3)30-35(33,34)24-11-6-20(7-12-24)19-4-9-23(10-5-19)29-26(32)15-17-31-16-14-21-18-22(28)8-13-25(21)31/h4-14,16,18,30H,15,17H2,1-3H3,(H,29,32). The molecule has 0 radical (unpaired) electrons. The van der Waals surface area contributed by atoms with Gasteiger partial charge < -0.3 is 9.88 Å². The van der Waals surface area contributed by atoms with Gasteiger partial charge in [0, 0.05) is 46.3 Å². The molecule has 0 aliphatic carbocycles. The van der Waals surface area contributed by atoms with E-state index in [4.69, 9.17) is 11.6 Å². The first-order chi connectivity index (χ1) is 16.5. The normalized spacial score (nSPS) is 12.1. The molecule has 4 rings (SSSR count). The molecule has 182 valence electrons. The molecule has 0 aliphatic rings. The predicted octanol–water partition coefficient (Wildman–Crippen LogP) is 6.07. The monoisotopic (exact) mass is 509 g/mol. The Kier molecular flexibility index (Phi) is 7.03. The molecule has 0 spiro atoms. The topological polar surface area (TPSA) is 80.2 Å². The molecular formula is C27H28ClN3O3S. The average molecular weight is 510 g/mol. The van der Waals surface area contributed by atoms with E-state index in [1.165, 1.54) is 0 Å². The number of sulfonamides is 1. The van der Waals surface area contributed by atoms with E-state index in [0.29, 0.717) is 23.7 Å². The zero-order valence-electron chi connectivity index (χ0n) is 19.9. The van der Waals surface area contributed by atoms with Crippen LogP contribution in [0.15, 0.2) is 83.9 Å². The maximum atomic E-state index is 12.5. The van der Waals surface area contributed by atoms with Crippen LogP contribution in [0.2, 0.25) is 5.02 Å². The lowest BCUT2D eigenvalue weighted by molar-refractivity contribution is -0.116. The van der Waals surface area contributed by atoms with Gasteiger partial charge in [-0.3, -0.25) is 4.79 Å². The summed E-state index contributed by atoms with van der Waals surface area (Å²) < 4.78 is 29.7. The fourth-order valence-electron chi connectivity index (χ4n) is 3.85. The number of nitrogens with zero attached hydrogens (tertiary/aromatic N) is 1. The van der Waals surface area contributed by atoms with Crippen LogP contribution < -0.4 is 10.0 Å². The lowest BCUT2D eigenvalue weighted by Crippen LogP contribution is -2.40. The molecule has 8 heteroatoms. The van der Waals surface area contributed by atoms with Crippen molar-refractivity contribution in [2.45, 2.75) is 44.2 Å². The first-order valence-electron chi connectivity index (χ1n) is 11.3. The molecule has 1 aromatic heterocycles. The molecular weight excluding hydrogens is 482 g/mol. The van der Waals surface area contributed by atoms with Gasteiger partial charge in [0.05, 0.1) is 4.90 Å². The van der Waals surface area contributed by atoms with Crippen molar-refractivity contribution >= 4 is 44.1 Å². The summed E-state index contributed by atoms with van der Waals surface area (Å²) in [6.07, 6.45) is 2.30. The summed E-state index contributed by atoms with van der Waals surface area (Å²) in [6.45, 7) is 5.97. The third-order valence-corrected chi connectivity index (χ3v) is 7.43. The SMILES string of the molecule is CC(C)(C)NS(=O)(=O)c1ccc(-c2ccc(NC(=O)CCn3ccc4cc(Cl)ccc43)cc2)cc1. The highest BCUT2D eigenvalue weighted by atomic mass is 35.5. The third kappa shape index (κ3) is 6.31. The highest BCUT2D eigenvalue weighted by molar-refractivity contribution is 7.89. The van der Waals surface area contributed by atoms with Gasteiger partial charge in [0.2, 0.25) is 15.9 Å². The van der Waals surface area contributed by atoms with E-state index < -0.39 is 15.6 Å².